The van der Waals surface area contributed by atoms with E-state index in [-0.39, 0.29) is 28.9 Å². The van der Waals surface area contributed by atoms with Crippen molar-refractivity contribution in [3.05, 3.63) is 88.9 Å². The topological polar surface area (TPSA) is 67.6 Å². The zero-order valence-electron chi connectivity index (χ0n) is 20.7. The quantitative estimate of drug-likeness (QED) is 0.456. The maximum atomic E-state index is 13.4. The number of amides is 1. The van der Waals surface area contributed by atoms with Gasteiger partial charge < -0.3 is 14.5 Å². The minimum Gasteiger partial charge on any atom is -0.447 e. The molecule has 3 aromatic rings. The summed E-state index contributed by atoms with van der Waals surface area (Å²) in [5, 5.41) is 2.87. The highest BCUT2D eigenvalue weighted by Crippen LogP contribution is 2.23. The molecule has 0 aliphatic carbocycles. The van der Waals surface area contributed by atoms with Crippen LogP contribution in [0.5, 0.6) is 0 Å². The first-order valence-corrected chi connectivity index (χ1v) is 12.2. The van der Waals surface area contributed by atoms with Crippen molar-refractivity contribution in [3.63, 3.8) is 0 Å². The molecule has 1 amide bonds. The van der Waals surface area contributed by atoms with E-state index >= 15 is 0 Å². The van der Waals surface area contributed by atoms with Crippen LogP contribution in [0.1, 0.15) is 66.7 Å². The number of carbonyl (C=O) groups is 1. The highest BCUT2D eigenvalue weighted by Gasteiger charge is 2.20. The number of halogens is 1. The van der Waals surface area contributed by atoms with Crippen molar-refractivity contribution in [2.45, 2.75) is 64.8 Å². The van der Waals surface area contributed by atoms with Gasteiger partial charge in [0, 0.05) is 26.2 Å². The van der Waals surface area contributed by atoms with Crippen LogP contribution in [0.2, 0.25) is 0 Å². The number of carbonyl (C=O) groups excluding carboxylic acids is 1. The van der Waals surface area contributed by atoms with Crippen LogP contribution in [-0.4, -0.2) is 35.0 Å². The molecule has 1 fully saturated rings. The lowest BCUT2D eigenvalue weighted by atomic mass is 9.87. The molecule has 2 heterocycles. The molecule has 6 nitrogen and oxygen atoms in total. The molecule has 1 aliphatic rings. The van der Waals surface area contributed by atoms with E-state index in [1.54, 1.807) is 12.1 Å². The average Bonchev–Trinajstić information content (AvgIpc) is 3.51. The summed E-state index contributed by atoms with van der Waals surface area (Å²) >= 11 is 0. The minimum absolute atomic E-state index is 0.0705. The van der Waals surface area contributed by atoms with Crippen molar-refractivity contribution in [2.75, 3.05) is 13.2 Å². The third-order valence-corrected chi connectivity index (χ3v) is 6.20. The van der Waals surface area contributed by atoms with E-state index in [0.29, 0.717) is 32.1 Å². The number of nitrogens with one attached hydrogen (secondary N) is 1. The minimum atomic E-state index is -0.265. The summed E-state index contributed by atoms with van der Waals surface area (Å²) in [6.45, 7) is 9.46. The molecule has 7 heteroatoms. The number of nitrogens with zero attached hydrogens (tertiary/aromatic N) is 2. The summed E-state index contributed by atoms with van der Waals surface area (Å²) < 4.78 is 24.6. The first kappa shape index (κ1) is 25.1. The Balaban J connectivity index is 1.44. The molecule has 1 saturated heterocycles. The van der Waals surface area contributed by atoms with Gasteiger partial charge in [-0.25, -0.2) is 9.37 Å². The first-order chi connectivity index (χ1) is 16.8. The van der Waals surface area contributed by atoms with Crippen molar-refractivity contribution in [1.82, 2.24) is 15.2 Å². The second-order valence-corrected chi connectivity index (χ2v) is 10.2. The fourth-order valence-electron chi connectivity index (χ4n) is 4.17. The number of hydrogen-bond acceptors (Lipinski definition) is 5. The average molecular weight is 480 g/mol. The number of oxazole rings is 1. The van der Waals surface area contributed by atoms with Crippen molar-refractivity contribution in [3.8, 4) is 0 Å². The van der Waals surface area contributed by atoms with Crippen LogP contribution in [0, 0.1) is 5.82 Å². The standard InChI is InChI=1S/C28H34FN3O3/c1-28(2,3)22-10-6-20(7-11-22)16-32(17-21-8-12-23(29)13-9-21)18-26-31-25(19-35-26)27(33)30-15-24-5-4-14-34-24/h6-13,19,24H,4-5,14-18H2,1-3H3,(H,30,33). The predicted molar refractivity (Wildman–Crippen MR) is 132 cm³/mol. The fraction of sp³-hybridized carbons (Fsp3) is 0.429. The molecule has 35 heavy (non-hydrogen) atoms. The molecule has 1 aromatic heterocycles. The molecule has 4 rings (SSSR count). The van der Waals surface area contributed by atoms with Crippen LogP contribution in [-0.2, 0) is 29.8 Å². The Labute approximate surface area is 206 Å². The monoisotopic (exact) mass is 479 g/mol. The van der Waals surface area contributed by atoms with E-state index in [2.05, 4.69) is 60.2 Å². The van der Waals surface area contributed by atoms with E-state index in [0.717, 1.165) is 30.6 Å². The zero-order valence-corrected chi connectivity index (χ0v) is 20.7. The Morgan fingerprint density at radius 2 is 1.71 bits per heavy atom. The summed E-state index contributed by atoms with van der Waals surface area (Å²) in [4.78, 5) is 19.1. The van der Waals surface area contributed by atoms with Crippen LogP contribution in [0.25, 0.3) is 0 Å². The molecular weight excluding hydrogens is 445 g/mol. The summed E-state index contributed by atoms with van der Waals surface area (Å²) in [7, 11) is 0. The maximum absolute atomic E-state index is 13.4. The number of hydrogen-bond donors (Lipinski definition) is 1. The predicted octanol–water partition coefficient (Wildman–Crippen LogP) is 5.22. The molecule has 0 saturated carbocycles. The van der Waals surface area contributed by atoms with Crippen molar-refractivity contribution < 1.29 is 18.3 Å². The fourth-order valence-corrected chi connectivity index (χ4v) is 4.17. The van der Waals surface area contributed by atoms with Crippen LogP contribution in [0.15, 0.2) is 59.2 Å². The van der Waals surface area contributed by atoms with Gasteiger partial charge in [-0.05, 0) is 47.1 Å². The highest BCUT2D eigenvalue weighted by atomic mass is 19.1. The Morgan fingerprint density at radius 1 is 1.06 bits per heavy atom. The van der Waals surface area contributed by atoms with Gasteiger partial charge >= 0.3 is 0 Å². The van der Waals surface area contributed by atoms with E-state index in [4.69, 9.17) is 9.15 Å². The van der Waals surface area contributed by atoms with Gasteiger partial charge in [0.15, 0.2) is 5.69 Å². The highest BCUT2D eigenvalue weighted by molar-refractivity contribution is 5.91. The summed E-state index contributed by atoms with van der Waals surface area (Å²) in [6, 6.07) is 15.1. The van der Waals surface area contributed by atoms with Crippen LogP contribution in [0.4, 0.5) is 4.39 Å². The van der Waals surface area contributed by atoms with Crippen LogP contribution < -0.4 is 5.32 Å². The normalized spacial score (nSPS) is 16.1. The lowest BCUT2D eigenvalue weighted by Gasteiger charge is -2.23. The molecular formula is C28H34FN3O3. The van der Waals surface area contributed by atoms with Crippen molar-refractivity contribution in [2.24, 2.45) is 0 Å². The van der Waals surface area contributed by atoms with Crippen LogP contribution >= 0.6 is 0 Å². The number of aromatic nitrogens is 1. The van der Waals surface area contributed by atoms with Crippen molar-refractivity contribution >= 4 is 5.91 Å². The zero-order chi connectivity index (χ0) is 24.8. The smallest absolute Gasteiger partial charge is 0.273 e. The molecule has 0 spiro atoms. The molecule has 1 N–H and O–H groups in total. The summed E-state index contributed by atoms with van der Waals surface area (Å²) in [5.74, 6) is -0.0662. The summed E-state index contributed by atoms with van der Waals surface area (Å²) in [5.41, 5.74) is 3.76. The van der Waals surface area contributed by atoms with Gasteiger partial charge in [-0.3, -0.25) is 9.69 Å². The van der Waals surface area contributed by atoms with Gasteiger partial charge in [-0.1, -0.05) is 57.2 Å². The molecule has 1 unspecified atom stereocenters. The Bertz CT molecular complexity index is 1100. The maximum Gasteiger partial charge on any atom is 0.273 e. The second kappa shape index (κ2) is 11.1. The molecule has 2 aromatic carbocycles. The van der Waals surface area contributed by atoms with E-state index < -0.39 is 0 Å². The molecule has 1 atom stereocenters. The van der Waals surface area contributed by atoms with E-state index in [1.807, 2.05) is 0 Å². The largest absolute Gasteiger partial charge is 0.447 e. The SMILES string of the molecule is CC(C)(C)c1ccc(CN(Cc2ccc(F)cc2)Cc2nc(C(=O)NCC3CCCO3)co2)cc1. The van der Waals surface area contributed by atoms with Gasteiger partial charge in [-0.2, -0.15) is 0 Å². The molecule has 0 radical (unpaired) electrons. The van der Waals surface area contributed by atoms with Crippen LogP contribution in [0.3, 0.4) is 0 Å². The second-order valence-electron chi connectivity index (χ2n) is 10.2. The lowest BCUT2D eigenvalue weighted by Crippen LogP contribution is -2.32. The third-order valence-electron chi connectivity index (χ3n) is 6.20. The lowest BCUT2D eigenvalue weighted by molar-refractivity contribution is 0.0853. The number of benzene rings is 2. The Kier molecular flexibility index (Phi) is 7.98. The molecule has 186 valence electrons. The molecule has 0 bridgehead atoms. The van der Waals surface area contributed by atoms with Gasteiger partial charge in [-0.15, -0.1) is 0 Å². The van der Waals surface area contributed by atoms with Gasteiger partial charge in [0.05, 0.1) is 12.6 Å². The van der Waals surface area contributed by atoms with Gasteiger partial charge in [0.2, 0.25) is 5.89 Å². The summed E-state index contributed by atoms with van der Waals surface area (Å²) in [6.07, 6.45) is 3.45. The Morgan fingerprint density at radius 3 is 2.31 bits per heavy atom. The van der Waals surface area contributed by atoms with Gasteiger partial charge in [0.25, 0.3) is 5.91 Å². The number of rotatable bonds is 9. The number of ether oxygens (including phenoxy) is 1. The van der Waals surface area contributed by atoms with Gasteiger partial charge in [0.1, 0.15) is 12.1 Å². The Hall–Kier alpha value is -3.03. The van der Waals surface area contributed by atoms with E-state index in [9.17, 15) is 9.18 Å². The van der Waals surface area contributed by atoms with E-state index in [1.165, 1.54) is 24.0 Å². The molecule has 1 aliphatic heterocycles. The third kappa shape index (κ3) is 7.23. The first-order valence-electron chi connectivity index (χ1n) is 12.2. The van der Waals surface area contributed by atoms with Crippen molar-refractivity contribution in [1.29, 1.82) is 0 Å².